The molecule has 0 saturated heterocycles. The molecule has 8 heteroatoms. The van der Waals surface area contributed by atoms with Crippen LogP contribution >= 0.6 is 0 Å². The van der Waals surface area contributed by atoms with Crippen molar-refractivity contribution in [1.29, 1.82) is 0 Å². The molecule has 0 unspecified atom stereocenters. The first kappa shape index (κ1) is 12.4. The molecule has 2 rings (SSSR count). The number of amides is 2. The Morgan fingerprint density at radius 3 is 2.53 bits per heavy atom. The summed E-state index contributed by atoms with van der Waals surface area (Å²) in [5.74, 6) is -0.679. The van der Waals surface area contributed by atoms with Crippen LogP contribution in [0.1, 0.15) is 0 Å². The molecular weight excluding hydrogens is 248 g/mol. The van der Waals surface area contributed by atoms with Gasteiger partial charge in [-0.3, -0.25) is 14.9 Å². The smallest absolute Gasteiger partial charge is 0.250 e. The predicted molar refractivity (Wildman–Crippen MR) is 69.3 cm³/mol. The molecule has 0 spiro atoms. The van der Waals surface area contributed by atoms with Gasteiger partial charge in [0.25, 0.3) is 0 Å². The third-order valence-electron chi connectivity index (χ3n) is 2.13. The fraction of sp³-hybridized carbons (Fsp3) is 0. The summed E-state index contributed by atoms with van der Waals surface area (Å²) in [7, 11) is 0. The number of hydrogen-bond acceptors (Lipinski definition) is 5. The Hall–Kier alpha value is -3.03. The molecule has 0 aliphatic rings. The molecule has 0 bridgehead atoms. The molecule has 0 radical (unpaired) electrons. The lowest BCUT2D eigenvalue weighted by Gasteiger charge is -2.05. The highest BCUT2D eigenvalue weighted by molar-refractivity contribution is 6.03. The summed E-state index contributed by atoms with van der Waals surface area (Å²) in [6.45, 7) is 6.67. The number of nitrogens with one attached hydrogen (secondary N) is 3. The van der Waals surface area contributed by atoms with Crippen LogP contribution in [0.4, 0.5) is 11.8 Å². The zero-order chi connectivity index (χ0) is 13.8. The molecule has 2 aromatic heterocycles. The van der Waals surface area contributed by atoms with Gasteiger partial charge in [0, 0.05) is 0 Å². The monoisotopic (exact) mass is 258 g/mol. The first-order chi connectivity index (χ1) is 9.13. The number of fused-ring (bicyclic) bond motifs is 1. The number of hydrogen-bond donors (Lipinski definition) is 3. The first-order valence-electron chi connectivity index (χ1n) is 5.22. The number of anilines is 2. The molecule has 0 aliphatic heterocycles. The molecule has 0 aromatic carbocycles. The van der Waals surface area contributed by atoms with E-state index in [-0.39, 0.29) is 11.8 Å². The largest absolute Gasteiger partial charge is 0.340 e. The van der Waals surface area contributed by atoms with Crippen molar-refractivity contribution in [2.24, 2.45) is 0 Å². The second-order valence-corrected chi connectivity index (χ2v) is 3.38. The van der Waals surface area contributed by atoms with Gasteiger partial charge in [-0.2, -0.15) is 9.97 Å². The van der Waals surface area contributed by atoms with Gasteiger partial charge in [-0.05, 0) is 12.2 Å². The lowest BCUT2D eigenvalue weighted by Crippen LogP contribution is -2.14. The van der Waals surface area contributed by atoms with Gasteiger partial charge in [-0.1, -0.05) is 13.2 Å². The Bertz CT molecular complexity index is 675. The summed E-state index contributed by atoms with van der Waals surface area (Å²) in [6.07, 6.45) is 3.59. The number of H-pyrrole nitrogens is 1. The summed E-state index contributed by atoms with van der Waals surface area (Å²) in [5, 5.41) is 4.89. The van der Waals surface area contributed by atoms with Crippen molar-refractivity contribution in [2.75, 3.05) is 10.6 Å². The van der Waals surface area contributed by atoms with E-state index in [4.69, 9.17) is 0 Å². The maximum atomic E-state index is 11.3. The molecule has 8 nitrogen and oxygen atoms in total. The summed E-state index contributed by atoms with van der Waals surface area (Å²) in [4.78, 5) is 37.3. The minimum absolute atomic E-state index is 0.0175. The minimum Gasteiger partial charge on any atom is -0.340 e. The molecule has 2 aromatic rings. The normalized spacial score (nSPS) is 9.89. The van der Waals surface area contributed by atoms with Gasteiger partial charge in [0.2, 0.25) is 17.8 Å². The zero-order valence-corrected chi connectivity index (χ0v) is 9.80. The third-order valence-corrected chi connectivity index (χ3v) is 2.13. The van der Waals surface area contributed by atoms with E-state index < -0.39 is 11.8 Å². The molecule has 2 amide bonds. The van der Waals surface area contributed by atoms with E-state index in [0.717, 1.165) is 12.2 Å². The van der Waals surface area contributed by atoms with Crippen molar-refractivity contribution < 1.29 is 9.59 Å². The quantitative estimate of drug-likeness (QED) is 0.695. The standard InChI is InChI=1S/C11H10N6O2/c1-3-6(18)14-10-8-9(13-5-12-8)16-11(17-10)15-7(19)4-2/h3-5H,1-2H2,(H3,12,13,14,15,16,17,18,19). The van der Waals surface area contributed by atoms with E-state index in [9.17, 15) is 9.59 Å². The molecular formula is C11H10N6O2. The fourth-order valence-corrected chi connectivity index (χ4v) is 1.31. The van der Waals surface area contributed by atoms with E-state index in [1.807, 2.05) is 0 Å². The molecule has 0 atom stereocenters. The molecule has 0 saturated carbocycles. The average Bonchev–Trinajstić information content (AvgIpc) is 2.86. The molecule has 0 fully saturated rings. The summed E-state index contributed by atoms with van der Waals surface area (Å²) in [6, 6.07) is 0. The van der Waals surface area contributed by atoms with Gasteiger partial charge in [-0.25, -0.2) is 4.98 Å². The van der Waals surface area contributed by atoms with Crippen molar-refractivity contribution in [1.82, 2.24) is 19.9 Å². The summed E-state index contributed by atoms with van der Waals surface area (Å²) < 4.78 is 0. The van der Waals surface area contributed by atoms with Gasteiger partial charge in [-0.15, -0.1) is 0 Å². The minimum atomic E-state index is -0.462. The predicted octanol–water partition coefficient (Wildman–Crippen LogP) is 0.602. The number of aromatic nitrogens is 4. The Labute approximate surface area is 107 Å². The number of imidazole rings is 1. The highest BCUT2D eigenvalue weighted by atomic mass is 16.2. The molecule has 0 aliphatic carbocycles. The second kappa shape index (κ2) is 5.08. The highest BCUT2D eigenvalue weighted by Gasteiger charge is 2.12. The molecule has 2 heterocycles. The van der Waals surface area contributed by atoms with Crippen LogP contribution in [0.5, 0.6) is 0 Å². The Morgan fingerprint density at radius 1 is 1.16 bits per heavy atom. The van der Waals surface area contributed by atoms with E-state index in [1.165, 1.54) is 6.33 Å². The van der Waals surface area contributed by atoms with Crippen LogP contribution < -0.4 is 10.6 Å². The van der Waals surface area contributed by atoms with Crippen molar-refractivity contribution in [2.45, 2.75) is 0 Å². The lowest BCUT2D eigenvalue weighted by molar-refractivity contribution is -0.112. The fourth-order valence-electron chi connectivity index (χ4n) is 1.31. The Kier molecular flexibility index (Phi) is 3.33. The number of aromatic amines is 1. The highest BCUT2D eigenvalue weighted by Crippen LogP contribution is 2.18. The van der Waals surface area contributed by atoms with E-state index in [2.05, 4.69) is 43.7 Å². The molecule has 96 valence electrons. The number of rotatable bonds is 4. The lowest BCUT2D eigenvalue weighted by atomic mass is 10.4. The first-order valence-corrected chi connectivity index (χ1v) is 5.22. The van der Waals surface area contributed by atoms with Gasteiger partial charge in [0.1, 0.15) is 5.52 Å². The maximum Gasteiger partial charge on any atom is 0.250 e. The summed E-state index contributed by atoms with van der Waals surface area (Å²) in [5.41, 5.74) is 0.764. The van der Waals surface area contributed by atoms with Gasteiger partial charge >= 0.3 is 0 Å². The van der Waals surface area contributed by atoms with Crippen LogP contribution in [-0.4, -0.2) is 31.8 Å². The van der Waals surface area contributed by atoms with E-state index >= 15 is 0 Å². The second-order valence-electron chi connectivity index (χ2n) is 3.38. The van der Waals surface area contributed by atoms with Crippen LogP contribution in [-0.2, 0) is 9.59 Å². The van der Waals surface area contributed by atoms with Crippen LogP contribution in [0.2, 0.25) is 0 Å². The van der Waals surface area contributed by atoms with Crippen molar-refractivity contribution in [3.63, 3.8) is 0 Å². The Morgan fingerprint density at radius 2 is 1.84 bits per heavy atom. The number of carbonyl (C=O) groups is 2. The summed E-state index contributed by atoms with van der Waals surface area (Å²) >= 11 is 0. The zero-order valence-electron chi connectivity index (χ0n) is 9.80. The molecule has 19 heavy (non-hydrogen) atoms. The van der Waals surface area contributed by atoms with Crippen LogP contribution in [0, 0.1) is 0 Å². The van der Waals surface area contributed by atoms with E-state index in [1.54, 1.807) is 0 Å². The SMILES string of the molecule is C=CC(=O)Nc1nc(NC(=O)C=C)c2[nH]cnc2n1. The van der Waals surface area contributed by atoms with Gasteiger partial charge < -0.3 is 10.3 Å². The van der Waals surface area contributed by atoms with Crippen LogP contribution in [0.3, 0.4) is 0 Å². The van der Waals surface area contributed by atoms with Crippen molar-refractivity contribution >= 4 is 34.7 Å². The van der Waals surface area contributed by atoms with Gasteiger partial charge in [0.15, 0.2) is 11.5 Å². The van der Waals surface area contributed by atoms with Gasteiger partial charge in [0.05, 0.1) is 6.33 Å². The number of nitrogens with zero attached hydrogens (tertiary/aromatic N) is 3. The third kappa shape index (κ3) is 2.63. The van der Waals surface area contributed by atoms with Crippen LogP contribution in [0.25, 0.3) is 11.2 Å². The van der Waals surface area contributed by atoms with Crippen LogP contribution in [0.15, 0.2) is 31.6 Å². The maximum absolute atomic E-state index is 11.3. The number of carbonyl (C=O) groups excluding carboxylic acids is 2. The topological polar surface area (TPSA) is 113 Å². The van der Waals surface area contributed by atoms with E-state index in [0.29, 0.717) is 11.2 Å². The molecule has 3 N–H and O–H groups in total. The van der Waals surface area contributed by atoms with Crippen molar-refractivity contribution in [3.05, 3.63) is 31.6 Å². The Balaban J connectivity index is 2.44. The van der Waals surface area contributed by atoms with Crippen molar-refractivity contribution in [3.8, 4) is 0 Å². The average molecular weight is 258 g/mol.